The zero-order chi connectivity index (χ0) is 18.5. The molecular formula is C19H17ClFN3O2. The van der Waals surface area contributed by atoms with Crippen molar-refractivity contribution in [2.75, 3.05) is 11.9 Å². The van der Waals surface area contributed by atoms with Crippen molar-refractivity contribution in [3.05, 3.63) is 70.8 Å². The molecule has 0 aliphatic rings. The minimum Gasteiger partial charge on any atom is -0.444 e. The van der Waals surface area contributed by atoms with Crippen LogP contribution in [0.2, 0.25) is 5.02 Å². The number of nitrogens with one attached hydrogen (secondary N) is 2. The number of amides is 2. The summed E-state index contributed by atoms with van der Waals surface area (Å²) in [4.78, 5) is 16.2. The summed E-state index contributed by atoms with van der Waals surface area (Å²) in [6, 6.07) is 11.4. The van der Waals surface area contributed by atoms with Gasteiger partial charge in [0.25, 0.3) is 0 Å². The third-order valence-corrected chi connectivity index (χ3v) is 3.93. The van der Waals surface area contributed by atoms with Gasteiger partial charge in [0.2, 0.25) is 5.89 Å². The molecule has 3 aromatic rings. The predicted molar refractivity (Wildman–Crippen MR) is 98.8 cm³/mol. The average Bonchev–Trinajstić information content (AvgIpc) is 3.07. The Bertz CT molecular complexity index is 909. The molecule has 2 N–H and O–H groups in total. The molecule has 26 heavy (non-hydrogen) atoms. The van der Waals surface area contributed by atoms with Gasteiger partial charge in [-0.2, -0.15) is 0 Å². The van der Waals surface area contributed by atoms with Gasteiger partial charge in [0, 0.05) is 23.6 Å². The Hall–Kier alpha value is -2.86. The van der Waals surface area contributed by atoms with E-state index in [2.05, 4.69) is 15.6 Å². The molecule has 0 aliphatic carbocycles. The average molecular weight is 374 g/mol. The Morgan fingerprint density at radius 2 is 2.00 bits per heavy atom. The molecule has 3 rings (SSSR count). The Morgan fingerprint density at radius 1 is 1.23 bits per heavy atom. The monoisotopic (exact) mass is 373 g/mol. The molecule has 0 fully saturated rings. The molecule has 0 spiro atoms. The number of hydrogen-bond donors (Lipinski definition) is 2. The van der Waals surface area contributed by atoms with Crippen LogP contribution in [0.5, 0.6) is 0 Å². The van der Waals surface area contributed by atoms with Gasteiger partial charge in [-0.15, -0.1) is 0 Å². The van der Waals surface area contributed by atoms with E-state index < -0.39 is 11.8 Å². The van der Waals surface area contributed by atoms with Crippen LogP contribution in [0.15, 0.2) is 53.1 Å². The Kier molecular flexibility index (Phi) is 5.53. The lowest BCUT2D eigenvalue weighted by Gasteiger charge is -2.07. The van der Waals surface area contributed by atoms with Crippen molar-refractivity contribution in [2.24, 2.45) is 0 Å². The molecule has 0 saturated carbocycles. The lowest BCUT2D eigenvalue weighted by molar-refractivity contribution is 0.252. The fourth-order valence-corrected chi connectivity index (χ4v) is 2.47. The number of carbonyl (C=O) groups is 1. The first-order valence-electron chi connectivity index (χ1n) is 8.02. The van der Waals surface area contributed by atoms with Crippen LogP contribution in [0, 0.1) is 12.7 Å². The molecule has 0 unspecified atom stereocenters. The summed E-state index contributed by atoms with van der Waals surface area (Å²) in [6.07, 6.45) is 2.06. The van der Waals surface area contributed by atoms with Gasteiger partial charge in [0.05, 0.1) is 11.4 Å². The number of urea groups is 1. The molecule has 0 aliphatic heterocycles. The third kappa shape index (κ3) is 4.61. The van der Waals surface area contributed by atoms with E-state index in [9.17, 15) is 9.18 Å². The minimum absolute atomic E-state index is 0.0648. The van der Waals surface area contributed by atoms with Crippen molar-refractivity contribution in [1.82, 2.24) is 10.3 Å². The zero-order valence-corrected chi connectivity index (χ0v) is 14.8. The number of nitrogens with zero attached hydrogens (tertiary/aromatic N) is 1. The van der Waals surface area contributed by atoms with Crippen LogP contribution in [0.25, 0.3) is 11.5 Å². The number of hydrogen-bond acceptors (Lipinski definition) is 3. The van der Waals surface area contributed by atoms with Crippen LogP contribution in [0.3, 0.4) is 0 Å². The van der Waals surface area contributed by atoms with Gasteiger partial charge in [-0.25, -0.2) is 14.2 Å². The highest BCUT2D eigenvalue weighted by Crippen LogP contribution is 2.20. The minimum atomic E-state index is -0.591. The zero-order valence-electron chi connectivity index (χ0n) is 14.1. The maximum Gasteiger partial charge on any atom is 0.319 e. The summed E-state index contributed by atoms with van der Waals surface area (Å²) in [7, 11) is 0. The van der Waals surface area contributed by atoms with E-state index in [-0.39, 0.29) is 10.7 Å². The first kappa shape index (κ1) is 17.9. The van der Waals surface area contributed by atoms with Gasteiger partial charge in [0.15, 0.2) is 0 Å². The summed E-state index contributed by atoms with van der Waals surface area (Å²) >= 11 is 5.67. The second-order valence-electron chi connectivity index (χ2n) is 5.77. The summed E-state index contributed by atoms with van der Waals surface area (Å²) in [6.45, 7) is 2.35. The first-order chi connectivity index (χ1) is 12.5. The van der Waals surface area contributed by atoms with Crippen LogP contribution in [-0.4, -0.2) is 17.6 Å². The van der Waals surface area contributed by atoms with Crippen LogP contribution in [-0.2, 0) is 6.42 Å². The summed E-state index contributed by atoms with van der Waals surface area (Å²) in [5.41, 5.74) is 2.84. The number of anilines is 1. The van der Waals surface area contributed by atoms with Crippen LogP contribution in [0.1, 0.15) is 11.3 Å². The maximum absolute atomic E-state index is 13.6. The fourth-order valence-electron chi connectivity index (χ4n) is 2.31. The van der Waals surface area contributed by atoms with E-state index in [0.717, 1.165) is 22.9 Å². The molecule has 0 radical (unpaired) electrons. The Balaban J connectivity index is 1.50. The maximum atomic E-state index is 13.6. The highest BCUT2D eigenvalue weighted by molar-refractivity contribution is 6.30. The van der Waals surface area contributed by atoms with Crippen molar-refractivity contribution in [2.45, 2.75) is 13.3 Å². The number of aryl methyl sites for hydroxylation is 1. The standard InChI is InChI=1S/C19H17ClFN3O2/c1-12-2-4-13(5-3-12)18-23-15(11-26-18)8-9-22-19(25)24-17-7-6-14(20)10-16(17)21/h2-7,10-11H,8-9H2,1H3,(H2,22,24,25). The molecule has 5 nitrogen and oxygen atoms in total. The van der Waals surface area contributed by atoms with Crippen LogP contribution >= 0.6 is 11.6 Å². The highest BCUT2D eigenvalue weighted by Gasteiger charge is 2.09. The fraction of sp³-hybridized carbons (Fsp3) is 0.158. The molecule has 0 atom stereocenters. The second kappa shape index (κ2) is 8.01. The molecule has 1 aromatic heterocycles. The molecule has 134 valence electrons. The summed E-state index contributed by atoms with van der Waals surface area (Å²) < 4.78 is 19.1. The van der Waals surface area contributed by atoms with E-state index in [0.29, 0.717) is 18.9 Å². The summed E-state index contributed by atoms with van der Waals surface area (Å²) in [5.74, 6) is -0.0559. The Morgan fingerprint density at radius 3 is 2.73 bits per heavy atom. The lowest BCUT2D eigenvalue weighted by Crippen LogP contribution is -2.30. The van der Waals surface area contributed by atoms with Crippen LogP contribution < -0.4 is 10.6 Å². The molecule has 2 aromatic carbocycles. The SMILES string of the molecule is Cc1ccc(-c2nc(CCNC(=O)Nc3ccc(Cl)cc3F)co2)cc1. The van der Waals surface area contributed by atoms with Crippen molar-refractivity contribution in [1.29, 1.82) is 0 Å². The number of oxazole rings is 1. The number of benzene rings is 2. The van der Waals surface area contributed by atoms with E-state index in [4.69, 9.17) is 16.0 Å². The first-order valence-corrected chi connectivity index (χ1v) is 8.40. The van der Waals surface area contributed by atoms with E-state index in [1.165, 1.54) is 12.1 Å². The predicted octanol–water partition coefficient (Wildman–Crippen LogP) is 4.81. The van der Waals surface area contributed by atoms with Gasteiger partial charge >= 0.3 is 6.03 Å². The van der Waals surface area contributed by atoms with Crippen LogP contribution in [0.4, 0.5) is 14.9 Å². The topological polar surface area (TPSA) is 67.2 Å². The lowest BCUT2D eigenvalue weighted by atomic mass is 10.1. The van der Waals surface area contributed by atoms with Crippen molar-refractivity contribution in [3.63, 3.8) is 0 Å². The van der Waals surface area contributed by atoms with Gasteiger partial charge in [-0.3, -0.25) is 0 Å². The number of rotatable bonds is 5. The Labute approximate surface area is 155 Å². The van der Waals surface area contributed by atoms with Crippen molar-refractivity contribution >= 4 is 23.3 Å². The quantitative estimate of drug-likeness (QED) is 0.674. The van der Waals surface area contributed by atoms with Gasteiger partial charge < -0.3 is 15.1 Å². The van der Waals surface area contributed by atoms with Gasteiger partial charge in [-0.05, 0) is 37.3 Å². The molecule has 1 heterocycles. The second-order valence-corrected chi connectivity index (χ2v) is 6.20. The van der Waals surface area contributed by atoms with E-state index >= 15 is 0 Å². The smallest absolute Gasteiger partial charge is 0.319 e. The number of aromatic nitrogens is 1. The number of halogens is 2. The van der Waals surface area contributed by atoms with E-state index in [1.54, 1.807) is 6.26 Å². The molecule has 7 heteroatoms. The number of carbonyl (C=O) groups excluding carboxylic acids is 1. The molecule has 0 saturated heterocycles. The summed E-state index contributed by atoms with van der Waals surface area (Å²) in [5, 5.41) is 5.35. The van der Waals surface area contributed by atoms with E-state index in [1.807, 2.05) is 31.2 Å². The van der Waals surface area contributed by atoms with Crippen molar-refractivity contribution in [3.8, 4) is 11.5 Å². The third-order valence-electron chi connectivity index (χ3n) is 3.70. The largest absolute Gasteiger partial charge is 0.444 e. The normalized spacial score (nSPS) is 10.6. The van der Waals surface area contributed by atoms with Gasteiger partial charge in [0.1, 0.15) is 12.1 Å². The van der Waals surface area contributed by atoms with Crippen molar-refractivity contribution < 1.29 is 13.6 Å². The molecule has 2 amide bonds. The van der Waals surface area contributed by atoms with Gasteiger partial charge in [-0.1, -0.05) is 29.3 Å². The molecule has 0 bridgehead atoms. The molecular weight excluding hydrogens is 357 g/mol. The highest BCUT2D eigenvalue weighted by atomic mass is 35.5.